The van der Waals surface area contributed by atoms with Gasteiger partial charge in [0.05, 0.1) is 0 Å². The van der Waals surface area contributed by atoms with E-state index in [-0.39, 0.29) is 10.7 Å². The number of anilines is 1. The first-order valence-corrected chi connectivity index (χ1v) is 7.90. The standard InChI is InChI=1S/C15H24N2OS/c1-5-15(6-2,19-4)10-17-14(18)12-7-8-13(16)11(3)9-12/h7-9H,5-6,10,16H2,1-4H3,(H,17,18). The largest absolute Gasteiger partial charge is 0.399 e. The lowest BCUT2D eigenvalue weighted by atomic mass is 10.0. The van der Waals surface area contributed by atoms with Crippen molar-refractivity contribution in [3.63, 3.8) is 0 Å². The van der Waals surface area contributed by atoms with Gasteiger partial charge in [0, 0.05) is 22.5 Å². The quantitative estimate of drug-likeness (QED) is 0.787. The van der Waals surface area contributed by atoms with E-state index in [0.29, 0.717) is 12.1 Å². The number of carbonyl (C=O) groups is 1. The van der Waals surface area contributed by atoms with Crippen LogP contribution in [-0.2, 0) is 0 Å². The molecule has 0 spiro atoms. The van der Waals surface area contributed by atoms with Crippen molar-refractivity contribution in [1.29, 1.82) is 0 Å². The molecule has 3 N–H and O–H groups in total. The lowest BCUT2D eigenvalue weighted by molar-refractivity contribution is 0.0949. The molecule has 1 amide bonds. The minimum absolute atomic E-state index is 0.0246. The summed E-state index contributed by atoms with van der Waals surface area (Å²) in [6, 6.07) is 5.39. The van der Waals surface area contributed by atoms with Crippen LogP contribution in [0.2, 0.25) is 0 Å². The summed E-state index contributed by atoms with van der Waals surface area (Å²) in [6.45, 7) is 6.94. The van der Waals surface area contributed by atoms with Gasteiger partial charge in [-0.25, -0.2) is 0 Å². The molecule has 3 nitrogen and oxygen atoms in total. The van der Waals surface area contributed by atoms with Crippen LogP contribution in [0.1, 0.15) is 42.6 Å². The number of aryl methyl sites for hydroxylation is 1. The van der Waals surface area contributed by atoms with E-state index in [9.17, 15) is 4.79 Å². The fourth-order valence-corrected chi connectivity index (χ4v) is 2.82. The van der Waals surface area contributed by atoms with E-state index in [1.54, 1.807) is 12.1 Å². The molecule has 0 saturated heterocycles. The Hall–Kier alpha value is -1.16. The van der Waals surface area contributed by atoms with Gasteiger partial charge >= 0.3 is 0 Å². The molecule has 106 valence electrons. The summed E-state index contributed by atoms with van der Waals surface area (Å²) >= 11 is 1.83. The number of hydrogen-bond donors (Lipinski definition) is 2. The van der Waals surface area contributed by atoms with Crippen LogP contribution < -0.4 is 11.1 Å². The second-order valence-electron chi connectivity index (χ2n) is 4.85. The Kier molecular flexibility index (Phi) is 5.73. The maximum atomic E-state index is 12.1. The van der Waals surface area contributed by atoms with Gasteiger partial charge in [-0.1, -0.05) is 13.8 Å². The van der Waals surface area contributed by atoms with Crippen molar-refractivity contribution < 1.29 is 4.79 Å². The third-order valence-corrected chi connectivity index (χ3v) is 5.41. The normalized spacial score (nSPS) is 11.4. The van der Waals surface area contributed by atoms with Crippen molar-refractivity contribution in [1.82, 2.24) is 5.32 Å². The van der Waals surface area contributed by atoms with Crippen molar-refractivity contribution >= 4 is 23.4 Å². The molecule has 1 rings (SSSR count). The summed E-state index contributed by atoms with van der Waals surface area (Å²) in [5, 5.41) is 3.04. The summed E-state index contributed by atoms with van der Waals surface area (Å²) in [5.74, 6) is -0.0246. The molecule has 0 atom stereocenters. The highest BCUT2D eigenvalue weighted by molar-refractivity contribution is 8.00. The van der Waals surface area contributed by atoms with Gasteiger partial charge in [-0.3, -0.25) is 4.79 Å². The Morgan fingerprint density at radius 2 is 2.00 bits per heavy atom. The first-order valence-electron chi connectivity index (χ1n) is 6.67. The average Bonchev–Trinajstić information content (AvgIpc) is 2.43. The molecule has 0 fully saturated rings. The summed E-state index contributed by atoms with van der Waals surface area (Å²) < 4.78 is 0.137. The first kappa shape index (κ1) is 15.9. The van der Waals surface area contributed by atoms with E-state index in [0.717, 1.165) is 24.1 Å². The molecule has 19 heavy (non-hydrogen) atoms. The number of nitrogens with one attached hydrogen (secondary N) is 1. The molecular weight excluding hydrogens is 256 g/mol. The third-order valence-electron chi connectivity index (χ3n) is 3.82. The predicted molar refractivity (Wildman–Crippen MR) is 84.8 cm³/mol. The van der Waals surface area contributed by atoms with Crippen molar-refractivity contribution in [3.05, 3.63) is 29.3 Å². The van der Waals surface area contributed by atoms with Crippen LogP contribution in [0, 0.1) is 6.92 Å². The third kappa shape index (κ3) is 3.90. The molecule has 0 saturated carbocycles. The zero-order valence-electron chi connectivity index (χ0n) is 12.2. The van der Waals surface area contributed by atoms with Gasteiger partial charge in [0.1, 0.15) is 0 Å². The SMILES string of the molecule is CCC(CC)(CNC(=O)c1ccc(N)c(C)c1)SC. The molecule has 1 aromatic carbocycles. The fraction of sp³-hybridized carbons (Fsp3) is 0.533. The monoisotopic (exact) mass is 280 g/mol. The van der Waals surface area contributed by atoms with Gasteiger partial charge < -0.3 is 11.1 Å². The Morgan fingerprint density at radius 3 is 2.47 bits per heavy atom. The topological polar surface area (TPSA) is 55.1 Å². The van der Waals surface area contributed by atoms with E-state index in [2.05, 4.69) is 25.4 Å². The molecule has 0 aliphatic heterocycles. The number of nitrogen functional groups attached to an aromatic ring is 1. The van der Waals surface area contributed by atoms with Gasteiger partial charge in [-0.15, -0.1) is 0 Å². The molecule has 0 aromatic heterocycles. The first-order chi connectivity index (χ1) is 8.98. The van der Waals surface area contributed by atoms with Gasteiger partial charge in [-0.05, 0) is 49.8 Å². The second kappa shape index (κ2) is 6.85. The molecular formula is C15H24N2OS. The summed E-state index contributed by atoms with van der Waals surface area (Å²) in [6.07, 6.45) is 4.20. The van der Waals surface area contributed by atoms with Crippen LogP contribution in [0.4, 0.5) is 5.69 Å². The smallest absolute Gasteiger partial charge is 0.251 e. The van der Waals surface area contributed by atoms with Gasteiger partial charge in [0.25, 0.3) is 5.91 Å². The van der Waals surface area contributed by atoms with Crippen LogP contribution in [0.3, 0.4) is 0 Å². The van der Waals surface area contributed by atoms with Crippen LogP contribution in [0.15, 0.2) is 18.2 Å². The van der Waals surface area contributed by atoms with Gasteiger partial charge in [-0.2, -0.15) is 11.8 Å². The van der Waals surface area contributed by atoms with Crippen LogP contribution >= 0.6 is 11.8 Å². The Balaban J connectivity index is 2.72. The molecule has 4 heteroatoms. The minimum Gasteiger partial charge on any atom is -0.399 e. The van der Waals surface area contributed by atoms with Crippen LogP contribution in [0.5, 0.6) is 0 Å². The maximum absolute atomic E-state index is 12.1. The van der Waals surface area contributed by atoms with Crippen LogP contribution in [0.25, 0.3) is 0 Å². The predicted octanol–water partition coefficient (Wildman–Crippen LogP) is 3.23. The number of hydrogen-bond acceptors (Lipinski definition) is 3. The maximum Gasteiger partial charge on any atom is 0.251 e. The van der Waals surface area contributed by atoms with E-state index in [1.165, 1.54) is 0 Å². The van der Waals surface area contributed by atoms with E-state index in [4.69, 9.17) is 5.73 Å². The highest BCUT2D eigenvalue weighted by Gasteiger charge is 2.25. The Morgan fingerprint density at radius 1 is 1.37 bits per heavy atom. The molecule has 0 unspecified atom stereocenters. The van der Waals surface area contributed by atoms with E-state index >= 15 is 0 Å². The minimum atomic E-state index is -0.0246. The molecule has 1 aromatic rings. The zero-order chi connectivity index (χ0) is 14.5. The average molecular weight is 280 g/mol. The van der Waals surface area contributed by atoms with Crippen molar-refractivity contribution in [2.45, 2.75) is 38.4 Å². The number of rotatable bonds is 6. The number of carbonyl (C=O) groups excluding carboxylic acids is 1. The van der Waals surface area contributed by atoms with Crippen molar-refractivity contribution in [2.75, 3.05) is 18.5 Å². The molecule has 0 aliphatic rings. The Labute approximate surface area is 120 Å². The number of benzene rings is 1. The second-order valence-corrected chi connectivity index (χ2v) is 6.12. The summed E-state index contributed by atoms with van der Waals surface area (Å²) in [7, 11) is 0. The molecule has 0 radical (unpaired) electrons. The molecule has 0 bridgehead atoms. The lowest BCUT2D eigenvalue weighted by Crippen LogP contribution is -2.39. The number of amides is 1. The van der Waals surface area contributed by atoms with E-state index in [1.807, 2.05) is 24.8 Å². The lowest BCUT2D eigenvalue weighted by Gasteiger charge is -2.29. The molecule has 0 aliphatic carbocycles. The highest BCUT2D eigenvalue weighted by atomic mass is 32.2. The zero-order valence-corrected chi connectivity index (χ0v) is 13.1. The van der Waals surface area contributed by atoms with Gasteiger partial charge in [0.15, 0.2) is 0 Å². The Bertz CT molecular complexity index is 434. The fourth-order valence-electron chi connectivity index (χ4n) is 2.02. The number of nitrogens with two attached hydrogens (primary N) is 1. The highest BCUT2D eigenvalue weighted by Crippen LogP contribution is 2.29. The van der Waals surface area contributed by atoms with E-state index < -0.39 is 0 Å². The van der Waals surface area contributed by atoms with Crippen molar-refractivity contribution in [2.24, 2.45) is 0 Å². The molecule has 0 heterocycles. The summed E-state index contributed by atoms with van der Waals surface area (Å²) in [4.78, 5) is 12.1. The van der Waals surface area contributed by atoms with Crippen molar-refractivity contribution in [3.8, 4) is 0 Å². The number of thioether (sulfide) groups is 1. The van der Waals surface area contributed by atoms with Crippen LogP contribution in [-0.4, -0.2) is 23.5 Å². The van der Waals surface area contributed by atoms with Gasteiger partial charge in [0.2, 0.25) is 0 Å². The summed E-state index contributed by atoms with van der Waals surface area (Å²) in [5.41, 5.74) is 8.10.